The largest absolute Gasteiger partial charge is 0.493 e. The average molecular weight is 803 g/mol. The molecule has 0 aliphatic carbocycles. The van der Waals surface area contributed by atoms with E-state index in [1.807, 2.05) is 36.4 Å². The van der Waals surface area contributed by atoms with Crippen LogP contribution in [0, 0.1) is 22.7 Å². The van der Waals surface area contributed by atoms with Gasteiger partial charge in [-0.15, -0.1) is 0 Å². The van der Waals surface area contributed by atoms with Crippen molar-refractivity contribution in [2.75, 3.05) is 14.2 Å². The molecule has 4 heterocycles. The maximum absolute atomic E-state index is 12.9. The highest BCUT2D eigenvalue weighted by Crippen LogP contribution is 2.33. The first kappa shape index (κ1) is 42.1. The summed E-state index contributed by atoms with van der Waals surface area (Å²) < 4.78 is 24.6. The molecule has 0 saturated heterocycles. The zero-order valence-electron chi connectivity index (χ0n) is 32.0. The molecular weight excluding hydrogens is 769 g/mol. The molecular formula is C44H34N8O8. The van der Waals surface area contributed by atoms with Gasteiger partial charge in [0.15, 0.2) is 23.0 Å². The lowest BCUT2D eigenvalue weighted by Gasteiger charge is -2.12. The maximum atomic E-state index is 12.9. The van der Waals surface area contributed by atoms with Crippen molar-refractivity contribution < 1.29 is 28.5 Å². The standard InChI is InChI=1S/2C19H14N4O4.C6H6/c2*1-26-14-6-2-3-7-15(14)27-18-13(10-12(11-20)17(21)24)19(25)23-9-5-4-8-16(23)22-18;1-2-4-6-5-3-1/h2*2-10H,1H3,(H2,21,24);1-6H/b2*12-10+;. The van der Waals surface area contributed by atoms with E-state index in [0.717, 1.165) is 12.2 Å². The lowest BCUT2D eigenvalue weighted by Crippen LogP contribution is -2.20. The molecule has 0 radical (unpaired) electrons. The molecule has 3 aromatic carbocycles. The lowest BCUT2D eigenvalue weighted by atomic mass is 10.2. The number of nitrogens with zero attached hydrogens (tertiary/aromatic N) is 6. The van der Waals surface area contributed by atoms with Crippen LogP contribution in [0.2, 0.25) is 0 Å². The summed E-state index contributed by atoms with van der Waals surface area (Å²) in [6.07, 6.45) is 5.18. The summed E-state index contributed by atoms with van der Waals surface area (Å²) in [6.45, 7) is 0. The van der Waals surface area contributed by atoms with Gasteiger partial charge in [-0.3, -0.25) is 28.0 Å². The normalized spacial score (nSPS) is 10.7. The predicted molar refractivity (Wildman–Crippen MR) is 221 cm³/mol. The number of benzene rings is 3. The molecule has 7 rings (SSSR count). The number of para-hydroxylation sites is 4. The second-order valence-corrected chi connectivity index (χ2v) is 11.9. The Balaban J connectivity index is 0.000000199. The molecule has 16 nitrogen and oxygen atoms in total. The molecule has 4 aromatic heterocycles. The number of ether oxygens (including phenoxy) is 4. The van der Waals surface area contributed by atoms with Gasteiger partial charge in [-0.25, -0.2) is 0 Å². The number of rotatable bonds is 10. The zero-order chi connectivity index (χ0) is 43.0. The number of primary amides is 2. The highest BCUT2D eigenvalue weighted by molar-refractivity contribution is 6.01. The van der Waals surface area contributed by atoms with Gasteiger partial charge in [0, 0.05) is 12.4 Å². The highest BCUT2D eigenvalue weighted by Gasteiger charge is 2.19. The second-order valence-electron chi connectivity index (χ2n) is 11.9. The number of aromatic nitrogens is 4. The number of hydrogen-bond donors (Lipinski definition) is 2. The van der Waals surface area contributed by atoms with Crippen molar-refractivity contribution in [3.8, 4) is 46.9 Å². The summed E-state index contributed by atoms with van der Waals surface area (Å²) in [5.74, 6) is -0.583. The van der Waals surface area contributed by atoms with Gasteiger partial charge < -0.3 is 30.4 Å². The van der Waals surface area contributed by atoms with E-state index in [4.69, 9.17) is 40.9 Å². The summed E-state index contributed by atoms with van der Waals surface area (Å²) in [5, 5.41) is 18.2. The van der Waals surface area contributed by atoms with Crippen LogP contribution < -0.4 is 41.5 Å². The van der Waals surface area contributed by atoms with Gasteiger partial charge in [0.1, 0.15) is 45.7 Å². The van der Waals surface area contributed by atoms with Crippen LogP contribution in [0.3, 0.4) is 0 Å². The topological polar surface area (TPSA) is 239 Å². The van der Waals surface area contributed by atoms with Gasteiger partial charge in [0.05, 0.1) is 14.2 Å². The number of fused-ring (bicyclic) bond motifs is 2. The van der Waals surface area contributed by atoms with Crippen LogP contribution in [0.5, 0.6) is 34.8 Å². The Morgan fingerprint density at radius 2 is 0.883 bits per heavy atom. The first-order valence-corrected chi connectivity index (χ1v) is 17.6. The highest BCUT2D eigenvalue weighted by atomic mass is 16.5. The SMILES string of the molecule is COc1ccccc1Oc1nc2ccccn2c(=O)c1/C=C(\C#N)C(N)=O.COc1ccccc1Oc1nc2ccccn2c(=O)c1/C=C(\C#N)C(N)=O.c1ccccc1. The van der Waals surface area contributed by atoms with E-state index < -0.39 is 34.1 Å². The van der Waals surface area contributed by atoms with Crippen molar-refractivity contribution in [2.45, 2.75) is 0 Å². The fourth-order valence-electron chi connectivity index (χ4n) is 5.17. The van der Waals surface area contributed by atoms with Crippen LogP contribution in [0.25, 0.3) is 23.4 Å². The number of pyridine rings is 2. The number of carbonyl (C=O) groups is 2. The van der Waals surface area contributed by atoms with E-state index in [9.17, 15) is 19.2 Å². The quantitative estimate of drug-likeness (QED) is 0.129. The molecule has 60 heavy (non-hydrogen) atoms. The Hall–Kier alpha value is -9.02. The predicted octanol–water partition coefficient (Wildman–Crippen LogP) is 5.46. The number of hydrogen-bond acceptors (Lipinski definition) is 12. The number of carbonyl (C=O) groups excluding carboxylic acids is 2. The van der Waals surface area contributed by atoms with Crippen molar-refractivity contribution in [1.82, 2.24) is 18.8 Å². The molecule has 0 aliphatic heterocycles. The lowest BCUT2D eigenvalue weighted by molar-refractivity contribution is -0.115. The molecule has 0 atom stereocenters. The molecule has 0 aliphatic rings. The van der Waals surface area contributed by atoms with Gasteiger partial charge in [-0.05, 0) is 60.7 Å². The molecule has 0 saturated carbocycles. The number of methoxy groups -OCH3 is 2. The number of nitrogens with two attached hydrogens (primary N) is 2. The van der Waals surface area contributed by atoms with E-state index in [-0.39, 0.29) is 22.9 Å². The molecule has 0 bridgehead atoms. The van der Waals surface area contributed by atoms with Crippen molar-refractivity contribution in [2.24, 2.45) is 11.5 Å². The van der Waals surface area contributed by atoms with Crippen LogP contribution in [0.4, 0.5) is 0 Å². The fourth-order valence-corrected chi connectivity index (χ4v) is 5.17. The van der Waals surface area contributed by atoms with Crippen molar-refractivity contribution in [1.29, 1.82) is 10.5 Å². The minimum Gasteiger partial charge on any atom is -0.493 e. The van der Waals surface area contributed by atoms with Gasteiger partial charge in [0.2, 0.25) is 11.8 Å². The van der Waals surface area contributed by atoms with E-state index in [2.05, 4.69) is 9.97 Å². The average Bonchev–Trinajstić information content (AvgIpc) is 3.27. The summed E-state index contributed by atoms with van der Waals surface area (Å²) in [4.78, 5) is 57.3. The van der Waals surface area contributed by atoms with Crippen molar-refractivity contribution >= 4 is 35.3 Å². The van der Waals surface area contributed by atoms with Gasteiger partial charge >= 0.3 is 0 Å². The third-order valence-electron chi connectivity index (χ3n) is 8.04. The van der Waals surface area contributed by atoms with E-state index in [1.165, 1.54) is 35.4 Å². The first-order chi connectivity index (χ1) is 29.1. The number of amides is 2. The minimum atomic E-state index is -0.960. The molecule has 7 aromatic rings. The summed E-state index contributed by atoms with van der Waals surface area (Å²) >= 11 is 0. The minimum absolute atomic E-state index is 0.0790. The van der Waals surface area contributed by atoms with Gasteiger partial charge in [-0.2, -0.15) is 20.5 Å². The molecule has 0 unspecified atom stereocenters. The molecule has 2 amide bonds. The van der Waals surface area contributed by atoms with E-state index >= 15 is 0 Å². The van der Waals surface area contributed by atoms with E-state index in [1.54, 1.807) is 97.1 Å². The molecule has 298 valence electrons. The smallest absolute Gasteiger partial charge is 0.269 e. The molecule has 16 heteroatoms. The van der Waals surface area contributed by atoms with Crippen LogP contribution in [-0.4, -0.2) is 44.8 Å². The zero-order valence-corrected chi connectivity index (χ0v) is 32.0. The monoisotopic (exact) mass is 802 g/mol. The van der Waals surface area contributed by atoms with Gasteiger partial charge in [0.25, 0.3) is 22.9 Å². The van der Waals surface area contributed by atoms with Crippen molar-refractivity contribution in [3.63, 3.8) is 0 Å². The fraction of sp³-hybridized carbons (Fsp3) is 0.0455. The van der Waals surface area contributed by atoms with Crippen LogP contribution in [0.1, 0.15) is 11.1 Å². The Morgan fingerprint density at radius 1 is 0.550 bits per heavy atom. The summed E-state index contributed by atoms with van der Waals surface area (Å²) in [7, 11) is 2.96. The second kappa shape index (κ2) is 20.2. The Bertz CT molecular complexity index is 2740. The Labute approximate surface area is 341 Å². The molecule has 0 fully saturated rings. The van der Waals surface area contributed by atoms with Crippen molar-refractivity contribution in [3.05, 3.63) is 177 Å². The van der Waals surface area contributed by atoms with Crippen LogP contribution >= 0.6 is 0 Å². The molecule has 0 spiro atoms. The Kier molecular flexibility index (Phi) is 14.2. The van der Waals surface area contributed by atoms with Crippen LogP contribution in [-0.2, 0) is 9.59 Å². The van der Waals surface area contributed by atoms with Gasteiger partial charge in [-0.1, -0.05) is 72.8 Å². The number of nitriles is 2. The maximum Gasteiger partial charge on any atom is 0.269 e. The third kappa shape index (κ3) is 10.2. The summed E-state index contributed by atoms with van der Waals surface area (Å²) in [5.41, 5.74) is 9.06. The molecule has 4 N–H and O–H groups in total. The van der Waals surface area contributed by atoms with E-state index in [0.29, 0.717) is 34.3 Å². The third-order valence-corrected chi connectivity index (χ3v) is 8.04. The van der Waals surface area contributed by atoms with Crippen LogP contribution in [0.15, 0.2) is 154 Å². The Morgan fingerprint density at radius 3 is 1.20 bits per heavy atom. The first-order valence-electron chi connectivity index (χ1n) is 17.6. The summed E-state index contributed by atoms with van der Waals surface area (Å²) in [6, 6.07) is 39.0.